The van der Waals surface area contributed by atoms with E-state index in [9.17, 15) is 5.11 Å². The first-order chi connectivity index (χ1) is 11.0. The Morgan fingerprint density at radius 2 is 1.43 bits per heavy atom. The average molecular weight is 544 g/mol. The van der Waals surface area contributed by atoms with Crippen LogP contribution in [-0.2, 0) is 4.74 Å². The number of phenols is 1. The zero-order chi connectivity index (χ0) is 17.2. The van der Waals surface area contributed by atoms with Crippen LogP contribution in [-0.4, -0.2) is 33.2 Å². The summed E-state index contributed by atoms with van der Waals surface area (Å²) in [6, 6.07) is 11.1. The van der Waals surface area contributed by atoms with Gasteiger partial charge in [0.25, 0.3) is 0 Å². The van der Waals surface area contributed by atoms with Gasteiger partial charge in [0, 0.05) is 7.11 Å². The van der Waals surface area contributed by atoms with E-state index in [0.29, 0.717) is 5.75 Å². The van der Waals surface area contributed by atoms with Crippen molar-refractivity contribution in [2.75, 3.05) is 28.1 Å². The number of methoxy groups -OCH3 is 3. The summed E-state index contributed by atoms with van der Waals surface area (Å²) >= 11 is 4.23. The highest BCUT2D eigenvalue weighted by Crippen LogP contribution is 2.32. The molecule has 0 saturated heterocycles. The second-order valence-electron chi connectivity index (χ2n) is 4.11. The zero-order valence-corrected chi connectivity index (χ0v) is 17.3. The molecule has 0 aliphatic heterocycles. The molecule has 126 valence electrons. The van der Waals surface area contributed by atoms with E-state index >= 15 is 0 Å². The van der Waals surface area contributed by atoms with E-state index in [2.05, 4.69) is 22.6 Å². The number of benzene rings is 2. The van der Waals surface area contributed by atoms with Crippen LogP contribution in [0.15, 0.2) is 36.4 Å². The van der Waals surface area contributed by atoms with Crippen LogP contribution in [0.5, 0.6) is 23.0 Å². The normalized spacial score (nSPS) is 9.61. The molecule has 2 aromatic carbocycles. The highest BCUT2D eigenvalue weighted by molar-refractivity contribution is 14.1. The summed E-state index contributed by atoms with van der Waals surface area (Å²) in [5.74, 6) is 2.19. The molecule has 7 heteroatoms. The van der Waals surface area contributed by atoms with Crippen molar-refractivity contribution >= 4 is 45.2 Å². The molecule has 5 nitrogen and oxygen atoms in total. The van der Waals surface area contributed by atoms with Crippen LogP contribution in [0, 0.1) is 7.14 Å². The second kappa shape index (κ2) is 10.8. The van der Waals surface area contributed by atoms with E-state index < -0.39 is 0 Å². The topological polar surface area (TPSA) is 57.2 Å². The molecule has 0 saturated carbocycles. The smallest absolute Gasteiger partial charge is 0.188 e. The Bertz CT molecular complexity index is 619. The summed E-state index contributed by atoms with van der Waals surface area (Å²) in [4.78, 5) is 0. The van der Waals surface area contributed by atoms with Gasteiger partial charge in [-0.05, 0) is 69.4 Å². The minimum absolute atomic E-state index is 0.214. The Hall–Kier alpha value is -0.940. The van der Waals surface area contributed by atoms with Crippen molar-refractivity contribution in [3.63, 3.8) is 0 Å². The van der Waals surface area contributed by atoms with Gasteiger partial charge in [-0.3, -0.25) is 0 Å². The first-order valence-corrected chi connectivity index (χ1v) is 8.66. The van der Waals surface area contributed by atoms with Gasteiger partial charge in [-0.2, -0.15) is 0 Å². The van der Waals surface area contributed by atoms with Crippen LogP contribution in [0.1, 0.15) is 0 Å². The molecular weight excluding hydrogens is 526 g/mol. The molecule has 0 spiro atoms. The van der Waals surface area contributed by atoms with Crippen LogP contribution in [0.3, 0.4) is 0 Å². The highest BCUT2D eigenvalue weighted by Gasteiger charge is 2.07. The first-order valence-electron chi connectivity index (χ1n) is 6.50. The maximum atomic E-state index is 9.27. The Morgan fingerprint density at radius 1 is 0.870 bits per heavy atom. The van der Waals surface area contributed by atoms with Crippen LogP contribution in [0.2, 0.25) is 0 Å². The van der Waals surface area contributed by atoms with Gasteiger partial charge in [-0.25, -0.2) is 0 Å². The molecule has 1 N–H and O–H groups in total. The first kappa shape index (κ1) is 20.1. The predicted molar refractivity (Wildman–Crippen MR) is 106 cm³/mol. The lowest BCUT2D eigenvalue weighted by atomic mass is 10.3. The summed E-state index contributed by atoms with van der Waals surface area (Å²) in [6.45, 7) is 0.233. The van der Waals surface area contributed by atoms with Gasteiger partial charge < -0.3 is 24.1 Å². The van der Waals surface area contributed by atoms with Crippen molar-refractivity contribution in [2.24, 2.45) is 0 Å². The summed E-state index contributed by atoms with van der Waals surface area (Å²) in [7, 11) is 4.73. The molecule has 0 amide bonds. The minimum Gasteiger partial charge on any atom is -0.504 e. The van der Waals surface area contributed by atoms with Gasteiger partial charge in [0.2, 0.25) is 0 Å². The van der Waals surface area contributed by atoms with Gasteiger partial charge in [0.1, 0.15) is 0 Å². The standard InChI is InChI=1S/C9H11IO3.C7H7IO2/c1-11-6-13-9-7(10)4-3-5-8(9)12-2;1-10-6-4-2-3-5(8)7(6)9/h3-5H,6H2,1-2H3;2-4,9H,1H3. The quantitative estimate of drug-likeness (QED) is 0.450. The molecule has 0 atom stereocenters. The summed E-state index contributed by atoms with van der Waals surface area (Å²) in [5, 5.41) is 9.27. The van der Waals surface area contributed by atoms with Crippen molar-refractivity contribution in [2.45, 2.75) is 0 Å². The number of ether oxygens (including phenoxy) is 4. The fraction of sp³-hybridized carbons (Fsp3) is 0.250. The van der Waals surface area contributed by atoms with Gasteiger partial charge in [0.15, 0.2) is 29.8 Å². The van der Waals surface area contributed by atoms with Crippen molar-refractivity contribution < 1.29 is 24.1 Å². The molecular formula is C16H18I2O5. The SMILES string of the molecule is COCOc1c(I)cccc1OC.COc1cccc(I)c1O. The third-order valence-electron chi connectivity index (χ3n) is 2.64. The summed E-state index contributed by atoms with van der Waals surface area (Å²) in [6.07, 6.45) is 0. The lowest BCUT2D eigenvalue weighted by molar-refractivity contribution is 0.0485. The minimum atomic E-state index is 0.214. The summed E-state index contributed by atoms with van der Waals surface area (Å²) in [5.41, 5.74) is 0. The van der Waals surface area contributed by atoms with Gasteiger partial charge in [-0.1, -0.05) is 12.1 Å². The zero-order valence-electron chi connectivity index (χ0n) is 13.0. The van der Waals surface area contributed by atoms with Crippen molar-refractivity contribution in [3.8, 4) is 23.0 Å². The van der Waals surface area contributed by atoms with Crippen LogP contribution < -0.4 is 14.2 Å². The fourth-order valence-electron chi connectivity index (χ4n) is 1.57. The van der Waals surface area contributed by atoms with E-state index in [1.54, 1.807) is 20.3 Å². The Labute approximate surface area is 163 Å². The van der Waals surface area contributed by atoms with Crippen molar-refractivity contribution in [1.82, 2.24) is 0 Å². The largest absolute Gasteiger partial charge is 0.504 e. The van der Waals surface area contributed by atoms with E-state index in [0.717, 1.165) is 18.6 Å². The monoisotopic (exact) mass is 544 g/mol. The molecule has 0 aliphatic rings. The Balaban J connectivity index is 0.000000238. The number of hydrogen-bond acceptors (Lipinski definition) is 5. The molecule has 0 unspecified atom stereocenters. The van der Waals surface area contributed by atoms with Crippen LogP contribution in [0.4, 0.5) is 0 Å². The molecule has 0 aliphatic carbocycles. The summed E-state index contributed by atoms with van der Waals surface area (Å²) < 4.78 is 22.0. The predicted octanol–water partition coefficient (Wildman–Crippen LogP) is 4.29. The van der Waals surface area contributed by atoms with E-state index in [-0.39, 0.29) is 12.5 Å². The van der Waals surface area contributed by atoms with E-state index in [1.807, 2.05) is 52.9 Å². The molecule has 0 heterocycles. The Kier molecular flexibility index (Phi) is 9.41. The maximum Gasteiger partial charge on any atom is 0.188 e. The third-order valence-corrected chi connectivity index (χ3v) is 4.36. The second-order valence-corrected chi connectivity index (χ2v) is 6.44. The molecule has 2 aromatic rings. The lowest BCUT2D eigenvalue weighted by Gasteiger charge is -2.10. The number of phenolic OH excluding ortho intramolecular Hbond substituents is 1. The molecule has 0 fully saturated rings. The van der Waals surface area contributed by atoms with Gasteiger partial charge >= 0.3 is 0 Å². The number of halogens is 2. The molecule has 0 radical (unpaired) electrons. The van der Waals surface area contributed by atoms with E-state index in [1.165, 1.54) is 7.11 Å². The van der Waals surface area contributed by atoms with Crippen LogP contribution in [0.25, 0.3) is 0 Å². The van der Waals surface area contributed by atoms with E-state index in [4.69, 9.17) is 18.9 Å². The molecule has 0 aromatic heterocycles. The fourth-order valence-corrected chi connectivity index (χ4v) is 2.67. The maximum absolute atomic E-state index is 9.27. The van der Waals surface area contributed by atoms with Crippen molar-refractivity contribution in [1.29, 1.82) is 0 Å². The molecule has 0 bridgehead atoms. The van der Waals surface area contributed by atoms with Crippen molar-refractivity contribution in [3.05, 3.63) is 43.5 Å². The van der Waals surface area contributed by atoms with Gasteiger partial charge in [-0.15, -0.1) is 0 Å². The van der Waals surface area contributed by atoms with Gasteiger partial charge in [0.05, 0.1) is 21.4 Å². The number of aromatic hydroxyl groups is 1. The number of para-hydroxylation sites is 2. The molecule has 23 heavy (non-hydrogen) atoms. The highest BCUT2D eigenvalue weighted by atomic mass is 127. The number of rotatable bonds is 5. The van der Waals surface area contributed by atoms with Crippen LogP contribution >= 0.6 is 45.2 Å². The third kappa shape index (κ3) is 6.22. The lowest BCUT2D eigenvalue weighted by Crippen LogP contribution is -2.02. The number of hydrogen-bond donors (Lipinski definition) is 1. The molecule has 2 rings (SSSR count). The average Bonchev–Trinajstić information content (AvgIpc) is 2.56. The Morgan fingerprint density at radius 3 is 1.96 bits per heavy atom.